The van der Waals surface area contributed by atoms with Crippen LogP contribution in [0.1, 0.15) is 19.8 Å². The molecule has 0 heterocycles. The van der Waals surface area contributed by atoms with Gasteiger partial charge in [0.05, 0.1) is 17.8 Å². The Morgan fingerprint density at radius 2 is 2.32 bits per heavy atom. The lowest BCUT2D eigenvalue weighted by Gasteiger charge is -2.28. The molecule has 0 spiro atoms. The zero-order chi connectivity index (χ0) is 16.2. The topological polar surface area (TPSA) is 70.6 Å². The second kappa shape index (κ2) is 6.67. The summed E-state index contributed by atoms with van der Waals surface area (Å²) in [6.45, 7) is 1.64. The van der Waals surface area contributed by atoms with E-state index in [1.807, 2.05) is 0 Å². The molecular formula is C16H19FN2O3. The minimum absolute atomic E-state index is 0.0123. The minimum atomic E-state index is -0.683. The van der Waals surface area contributed by atoms with Crippen molar-refractivity contribution in [2.24, 2.45) is 5.92 Å². The third-order valence-electron chi connectivity index (χ3n) is 3.71. The molecule has 1 fully saturated rings. The smallest absolute Gasteiger partial charge is 0.319 e. The number of nitrogens with one attached hydrogen (secondary N) is 2. The van der Waals surface area contributed by atoms with E-state index < -0.39 is 17.4 Å². The molecule has 0 radical (unpaired) electrons. The summed E-state index contributed by atoms with van der Waals surface area (Å²) in [6.07, 6.45) is 7.05. The average Bonchev–Trinajstić information content (AvgIpc) is 3.31. The van der Waals surface area contributed by atoms with Crippen molar-refractivity contribution < 1.29 is 19.0 Å². The largest absolute Gasteiger partial charge is 0.479 e. The first-order valence-corrected chi connectivity index (χ1v) is 7.04. The normalized spacial score (nSPS) is 16.3. The second-order valence-corrected chi connectivity index (χ2v) is 5.56. The molecule has 3 N–H and O–H groups in total. The van der Waals surface area contributed by atoms with Gasteiger partial charge in [0.15, 0.2) is 0 Å². The van der Waals surface area contributed by atoms with Crippen molar-refractivity contribution in [2.45, 2.75) is 25.3 Å². The van der Waals surface area contributed by atoms with E-state index in [0.29, 0.717) is 0 Å². The van der Waals surface area contributed by atoms with Crippen molar-refractivity contribution >= 4 is 11.7 Å². The Labute approximate surface area is 128 Å². The standard InChI is InChI=1S/C16H19FN2O3/c1-3-8-22-14-7-6-12(17)9-13(14)18-15(21)19-16(2,10-20)11-4-5-11/h1,6-7,9,11,20H,4-5,8,10H2,2H3,(H2,18,19,21). The fourth-order valence-corrected chi connectivity index (χ4v) is 2.25. The summed E-state index contributed by atoms with van der Waals surface area (Å²) in [5.74, 6) is 2.34. The number of carbonyl (C=O) groups excluding carboxylic acids is 1. The van der Waals surface area contributed by atoms with Crippen LogP contribution in [0.2, 0.25) is 0 Å². The molecule has 1 aliphatic rings. The molecule has 1 unspecified atom stereocenters. The summed E-state index contributed by atoms with van der Waals surface area (Å²) in [7, 11) is 0. The highest BCUT2D eigenvalue weighted by Gasteiger charge is 2.42. The summed E-state index contributed by atoms with van der Waals surface area (Å²) in [5, 5.41) is 14.8. The van der Waals surface area contributed by atoms with Gasteiger partial charge < -0.3 is 20.5 Å². The number of halogens is 1. The van der Waals surface area contributed by atoms with Gasteiger partial charge in [0.1, 0.15) is 18.2 Å². The lowest BCUT2D eigenvalue weighted by molar-refractivity contribution is 0.159. The number of urea groups is 1. The van der Waals surface area contributed by atoms with Crippen LogP contribution in [-0.2, 0) is 0 Å². The van der Waals surface area contributed by atoms with Gasteiger partial charge in [0.25, 0.3) is 0 Å². The molecule has 1 saturated carbocycles. The fraction of sp³-hybridized carbons (Fsp3) is 0.438. The lowest BCUT2D eigenvalue weighted by atomic mass is 9.97. The summed E-state index contributed by atoms with van der Waals surface area (Å²) >= 11 is 0. The molecule has 0 saturated heterocycles. The molecule has 1 aromatic carbocycles. The van der Waals surface area contributed by atoms with Crippen LogP contribution in [0.3, 0.4) is 0 Å². The summed E-state index contributed by atoms with van der Waals surface area (Å²) in [4.78, 5) is 12.1. The molecule has 22 heavy (non-hydrogen) atoms. The van der Waals surface area contributed by atoms with Gasteiger partial charge in [-0.1, -0.05) is 5.92 Å². The number of aliphatic hydroxyl groups is 1. The van der Waals surface area contributed by atoms with E-state index in [9.17, 15) is 14.3 Å². The molecule has 2 amide bonds. The first-order chi connectivity index (χ1) is 10.5. The maximum atomic E-state index is 13.4. The van der Waals surface area contributed by atoms with Gasteiger partial charge in [-0.15, -0.1) is 6.42 Å². The second-order valence-electron chi connectivity index (χ2n) is 5.56. The van der Waals surface area contributed by atoms with Gasteiger partial charge in [0, 0.05) is 6.07 Å². The van der Waals surface area contributed by atoms with Crippen LogP contribution < -0.4 is 15.4 Å². The molecule has 1 atom stereocenters. The number of rotatable bonds is 6. The van der Waals surface area contributed by atoms with E-state index in [4.69, 9.17) is 11.2 Å². The Balaban J connectivity index is 2.07. The van der Waals surface area contributed by atoms with E-state index in [0.717, 1.165) is 18.9 Å². The summed E-state index contributed by atoms with van der Waals surface area (Å²) < 4.78 is 18.6. The zero-order valence-corrected chi connectivity index (χ0v) is 12.4. The Hall–Kier alpha value is -2.26. The van der Waals surface area contributed by atoms with E-state index in [1.54, 1.807) is 6.92 Å². The third-order valence-corrected chi connectivity index (χ3v) is 3.71. The molecule has 2 rings (SSSR count). The quantitative estimate of drug-likeness (QED) is 0.705. The number of aliphatic hydroxyl groups excluding tert-OH is 1. The maximum absolute atomic E-state index is 13.4. The molecule has 0 bridgehead atoms. The number of amides is 2. The third kappa shape index (κ3) is 3.89. The number of carbonyl (C=O) groups is 1. The Morgan fingerprint density at radius 3 is 2.91 bits per heavy atom. The lowest BCUT2D eigenvalue weighted by Crippen LogP contribution is -2.52. The van der Waals surface area contributed by atoms with Gasteiger partial charge in [0.2, 0.25) is 0 Å². The van der Waals surface area contributed by atoms with Crippen molar-refractivity contribution in [3.63, 3.8) is 0 Å². The van der Waals surface area contributed by atoms with Gasteiger partial charge >= 0.3 is 6.03 Å². The van der Waals surface area contributed by atoms with Gasteiger partial charge in [-0.25, -0.2) is 9.18 Å². The van der Waals surface area contributed by atoms with Crippen LogP contribution in [-0.4, -0.2) is 29.9 Å². The molecule has 5 nitrogen and oxygen atoms in total. The average molecular weight is 306 g/mol. The number of terminal acetylenes is 1. The number of hydrogen-bond acceptors (Lipinski definition) is 3. The minimum Gasteiger partial charge on any atom is -0.479 e. The van der Waals surface area contributed by atoms with Crippen molar-refractivity contribution in [1.82, 2.24) is 5.32 Å². The fourth-order valence-electron chi connectivity index (χ4n) is 2.25. The van der Waals surface area contributed by atoms with Crippen LogP contribution in [0.5, 0.6) is 5.75 Å². The number of benzene rings is 1. The van der Waals surface area contributed by atoms with Crippen molar-refractivity contribution in [3.05, 3.63) is 24.0 Å². The Kier molecular flexibility index (Phi) is 4.88. The van der Waals surface area contributed by atoms with E-state index in [2.05, 4.69) is 16.6 Å². The molecular weight excluding hydrogens is 287 g/mol. The highest BCUT2D eigenvalue weighted by atomic mass is 19.1. The van der Waals surface area contributed by atoms with Crippen LogP contribution in [0.4, 0.5) is 14.9 Å². The van der Waals surface area contributed by atoms with Crippen LogP contribution in [0.25, 0.3) is 0 Å². The highest BCUT2D eigenvalue weighted by molar-refractivity contribution is 5.91. The van der Waals surface area contributed by atoms with E-state index in [1.165, 1.54) is 12.1 Å². The van der Waals surface area contributed by atoms with Crippen molar-refractivity contribution in [1.29, 1.82) is 0 Å². The first kappa shape index (κ1) is 16.1. The van der Waals surface area contributed by atoms with Gasteiger partial charge in [-0.05, 0) is 37.8 Å². The molecule has 1 aliphatic carbocycles. The van der Waals surface area contributed by atoms with E-state index >= 15 is 0 Å². The molecule has 6 heteroatoms. The SMILES string of the molecule is C#CCOc1ccc(F)cc1NC(=O)NC(C)(CO)C1CC1. The number of anilines is 1. The van der Waals surface area contributed by atoms with E-state index in [-0.39, 0.29) is 30.6 Å². The molecule has 118 valence electrons. The van der Waals surface area contributed by atoms with Crippen LogP contribution in [0, 0.1) is 24.1 Å². The Morgan fingerprint density at radius 1 is 1.59 bits per heavy atom. The number of ether oxygens (including phenoxy) is 1. The predicted octanol–water partition coefficient (Wildman–Crippen LogP) is 2.12. The Bertz CT molecular complexity index is 596. The first-order valence-electron chi connectivity index (χ1n) is 7.04. The summed E-state index contributed by atoms with van der Waals surface area (Å²) in [5.41, 5.74) is -0.499. The summed E-state index contributed by atoms with van der Waals surface area (Å²) in [6, 6.07) is 3.24. The number of hydrogen-bond donors (Lipinski definition) is 3. The molecule has 0 aliphatic heterocycles. The van der Waals surface area contributed by atoms with Crippen LogP contribution in [0.15, 0.2) is 18.2 Å². The van der Waals surface area contributed by atoms with Gasteiger partial charge in [-0.3, -0.25) is 0 Å². The predicted molar refractivity (Wildman–Crippen MR) is 81.1 cm³/mol. The van der Waals surface area contributed by atoms with Crippen molar-refractivity contribution in [3.8, 4) is 18.1 Å². The maximum Gasteiger partial charge on any atom is 0.319 e. The molecule has 1 aromatic rings. The highest BCUT2D eigenvalue weighted by Crippen LogP contribution is 2.39. The zero-order valence-electron chi connectivity index (χ0n) is 12.4. The van der Waals surface area contributed by atoms with Crippen molar-refractivity contribution in [2.75, 3.05) is 18.5 Å². The van der Waals surface area contributed by atoms with Crippen LogP contribution >= 0.6 is 0 Å². The van der Waals surface area contributed by atoms with Gasteiger partial charge in [-0.2, -0.15) is 0 Å². The molecule has 0 aromatic heterocycles. The monoisotopic (exact) mass is 306 g/mol.